The summed E-state index contributed by atoms with van der Waals surface area (Å²) in [4.78, 5) is 2.35. The van der Waals surface area contributed by atoms with Crippen LogP contribution in [0.25, 0.3) is 0 Å². The summed E-state index contributed by atoms with van der Waals surface area (Å²) >= 11 is 0. The Labute approximate surface area is 107 Å². The second-order valence-corrected chi connectivity index (χ2v) is 6.00. The average Bonchev–Trinajstić information content (AvgIpc) is 2.15. The van der Waals surface area contributed by atoms with Crippen molar-refractivity contribution in [2.24, 2.45) is 5.92 Å². The SMILES string of the molecule is CC(C)CN(C)CCCC(C)(C#N)NC(C)C. The number of hydrogen-bond donors (Lipinski definition) is 1. The van der Waals surface area contributed by atoms with E-state index < -0.39 is 0 Å². The predicted molar refractivity (Wildman–Crippen MR) is 73.9 cm³/mol. The Kier molecular flexibility index (Phi) is 7.41. The first-order valence-electron chi connectivity index (χ1n) is 6.66. The van der Waals surface area contributed by atoms with Gasteiger partial charge >= 0.3 is 0 Å². The molecule has 0 bridgehead atoms. The normalized spacial score (nSPS) is 15.3. The summed E-state index contributed by atoms with van der Waals surface area (Å²) in [6, 6.07) is 2.75. The Balaban J connectivity index is 3.96. The second kappa shape index (κ2) is 7.68. The van der Waals surface area contributed by atoms with Gasteiger partial charge < -0.3 is 4.90 Å². The van der Waals surface area contributed by atoms with E-state index in [4.69, 9.17) is 0 Å². The van der Waals surface area contributed by atoms with Gasteiger partial charge in [-0.25, -0.2) is 0 Å². The summed E-state index contributed by atoms with van der Waals surface area (Å²) in [5.41, 5.74) is -0.382. The van der Waals surface area contributed by atoms with Crippen LogP contribution in [0.2, 0.25) is 0 Å². The van der Waals surface area contributed by atoms with E-state index in [1.54, 1.807) is 0 Å². The molecule has 0 heterocycles. The molecule has 0 aromatic carbocycles. The zero-order chi connectivity index (χ0) is 13.5. The topological polar surface area (TPSA) is 39.1 Å². The lowest BCUT2D eigenvalue weighted by molar-refractivity contribution is 0.273. The van der Waals surface area contributed by atoms with Gasteiger partial charge in [0.2, 0.25) is 0 Å². The van der Waals surface area contributed by atoms with Crippen LogP contribution in [-0.2, 0) is 0 Å². The highest BCUT2D eigenvalue weighted by molar-refractivity contribution is 5.04. The molecule has 0 saturated heterocycles. The Morgan fingerprint density at radius 3 is 2.29 bits per heavy atom. The van der Waals surface area contributed by atoms with E-state index >= 15 is 0 Å². The molecule has 3 nitrogen and oxygen atoms in total. The monoisotopic (exact) mass is 239 g/mol. The minimum Gasteiger partial charge on any atom is -0.306 e. The summed E-state index contributed by atoms with van der Waals surface area (Å²) in [6.45, 7) is 12.8. The second-order valence-electron chi connectivity index (χ2n) is 6.00. The first kappa shape index (κ1) is 16.4. The number of nitrogens with zero attached hydrogens (tertiary/aromatic N) is 2. The van der Waals surface area contributed by atoms with E-state index in [1.807, 2.05) is 6.92 Å². The van der Waals surface area contributed by atoms with E-state index in [0.29, 0.717) is 12.0 Å². The number of nitriles is 1. The molecule has 0 aliphatic rings. The molecule has 0 spiro atoms. The van der Waals surface area contributed by atoms with Crippen molar-refractivity contribution in [3.63, 3.8) is 0 Å². The standard InChI is InChI=1S/C14H29N3/c1-12(2)10-17(6)9-7-8-14(5,11-15)16-13(3)4/h12-13,16H,7-10H2,1-6H3. The van der Waals surface area contributed by atoms with Crippen LogP contribution in [0.5, 0.6) is 0 Å². The molecule has 1 N–H and O–H groups in total. The summed E-state index contributed by atoms with van der Waals surface area (Å²) in [5, 5.41) is 12.6. The molecule has 0 saturated carbocycles. The van der Waals surface area contributed by atoms with Crippen molar-refractivity contribution in [2.75, 3.05) is 20.1 Å². The van der Waals surface area contributed by atoms with E-state index in [0.717, 1.165) is 25.9 Å². The van der Waals surface area contributed by atoms with E-state index in [2.05, 4.69) is 51.0 Å². The molecule has 100 valence electrons. The lowest BCUT2D eigenvalue weighted by atomic mass is 9.96. The van der Waals surface area contributed by atoms with Crippen molar-refractivity contribution in [3.8, 4) is 6.07 Å². The number of rotatable bonds is 8. The number of nitrogens with one attached hydrogen (secondary N) is 1. The molecular formula is C14H29N3. The molecule has 0 aromatic rings. The molecule has 1 unspecified atom stereocenters. The van der Waals surface area contributed by atoms with Crippen molar-refractivity contribution in [1.82, 2.24) is 10.2 Å². The van der Waals surface area contributed by atoms with Gasteiger partial charge in [-0.3, -0.25) is 5.32 Å². The maximum absolute atomic E-state index is 9.22. The lowest BCUT2D eigenvalue weighted by Gasteiger charge is -2.27. The maximum Gasteiger partial charge on any atom is 0.104 e. The van der Waals surface area contributed by atoms with Gasteiger partial charge in [0.1, 0.15) is 5.54 Å². The smallest absolute Gasteiger partial charge is 0.104 e. The van der Waals surface area contributed by atoms with Gasteiger partial charge in [0, 0.05) is 12.6 Å². The largest absolute Gasteiger partial charge is 0.306 e. The molecule has 0 rings (SSSR count). The first-order valence-corrected chi connectivity index (χ1v) is 6.66. The van der Waals surface area contributed by atoms with Gasteiger partial charge in [-0.15, -0.1) is 0 Å². The highest BCUT2D eigenvalue weighted by Crippen LogP contribution is 2.13. The summed E-state index contributed by atoms with van der Waals surface area (Å²) in [6.07, 6.45) is 1.97. The molecule has 0 aliphatic carbocycles. The lowest BCUT2D eigenvalue weighted by Crippen LogP contribution is -2.45. The minimum atomic E-state index is -0.382. The average molecular weight is 239 g/mol. The molecule has 1 atom stereocenters. The Morgan fingerprint density at radius 2 is 1.88 bits per heavy atom. The molecule has 0 fully saturated rings. The summed E-state index contributed by atoms with van der Waals surface area (Å²) < 4.78 is 0. The Morgan fingerprint density at radius 1 is 1.29 bits per heavy atom. The van der Waals surface area contributed by atoms with E-state index in [9.17, 15) is 5.26 Å². The van der Waals surface area contributed by atoms with Crippen molar-refractivity contribution in [1.29, 1.82) is 5.26 Å². The first-order chi connectivity index (χ1) is 7.79. The van der Waals surface area contributed by atoms with Crippen LogP contribution in [0.4, 0.5) is 0 Å². The van der Waals surface area contributed by atoms with Gasteiger partial charge in [-0.1, -0.05) is 13.8 Å². The van der Waals surface area contributed by atoms with Crippen molar-refractivity contribution in [3.05, 3.63) is 0 Å². The Hall–Kier alpha value is -0.590. The fourth-order valence-corrected chi connectivity index (χ4v) is 2.21. The van der Waals surface area contributed by atoms with Crippen molar-refractivity contribution < 1.29 is 0 Å². The van der Waals surface area contributed by atoms with Crippen LogP contribution in [0.15, 0.2) is 0 Å². The fraction of sp³-hybridized carbons (Fsp3) is 0.929. The highest BCUT2D eigenvalue weighted by atomic mass is 15.1. The van der Waals surface area contributed by atoms with Crippen LogP contribution in [0.1, 0.15) is 47.5 Å². The summed E-state index contributed by atoms with van der Waals surface area (Å²) in [5.74, 6) is 0.705. The van der Waals surface area contributed by atoms with Crippen LogP contribution in [-0.4, -0.2) is 36.6 Å². The van der Waals surface area contributed by atoms with E-state index in [-0.39, 0.29) is 5.54 Å². The van der Waals surface area contributed by atoms with Crippen molar-refractivity contribution >= 4 is 0 Å². The maximum atomic E-state index is 9.22. The summed E-state index contributed by atoms with van der Waals surface area (Å²) in [7, 11) is 2.15. The molecule has 0 aromatic heterocycles. The molecule has 0 amide bonds. The predicted octanol–water partition coefficient (Wildman–Crippen LogP) is 2.63. The Bertz CT molecular complexity index is 242. The fourth-order valence-electron chi connectivity index (χ4n) is 2.21. The number of hydrogen-bond acceptors (Lipinski definition) is 3. The molecule has 0 radical (unpaired) electrons. The van der Waals surface area contributed by atoms with Crippen LogP contribution in [0.3, 0.4) is 0 Å². The third-order valence-corrected chi connectivity index (χ3v) is 2.75. The van der Waals surface area contributed by atoms with Gasteiger partial charge in [0.25, 0.3) is 0 Å². The van der Waals surface area contributed by atoms with Gasteiger partial charge in [-0.05, 0) is 53.1 Å². The zero-order valence-electron chi connectivity index (χ0n) is 12.4. The highest BCUT2D eigenvalue weighted by Gasteiger charge is 2.23. The van der Waals surface area contributed by atoms with Crippen LogP contribution in [0, 0.1) is 17.2 Å². The van der Waals surface area contributed by atoms with Gasteiger partial charge in [-0.2, -0.15) is 5.26 Å². The molecule has 3 heteroatoms. The minimum absolute atomic E-state index is 0.355. The van der Waals surface area contributed by atoms with Gasteiger partial charge in [0.05, 0.1) is 6.07 Å². The molecule has 0 aliphatic heterocycles. The molecule has 17 heavy (non-hydrogen) atoms. The third kappa shape index (κ3) is 8.18. The third-order valence-electron chi connectivity index (χ3n) is 2.75. The van der Waals surface area contributed by atoms with Crippen LogP contribution < -0.4 is 5.32 Å². The van der Waals surface area contributed by atoms with Crippen molar-refractivity contribution in [2.45, 2.75) is 59.0 Å². The quantitative estimate of drug-likeness (QED) is 0.708. The van der Waals surface area contributed by atoms with Gasteiger partial charge in [0.15, 0.2) is 0 Å². The molecular weight excluding hydrogens is 210 g/mol. The van der Waals surface area contributed by atoms with E-state index in [1.165, 1.54) is 0 Å². The zero-order valence-corrected chi connectivity index (χ0v) is 12.4. The van der Waals surface area contributed by atoms with Crippen LogP contribution >= 0.6 is 0 Å².